The lowest BCUT2D eigenvalue weighted by atomic mass is 10.1. The van der Waals surface area contributed by atoms with Gasteiger partial charge in [0, 0.05) is 12.6 Å². The minimum Gasteiger partial charge on any atom is -0.392 e. The van der Waals surface area contributed by atoms with E-state index in [1.807, 2.05) is 18.2 Å². The molecule has 14 heavy (non-hydrogen) atoms. The van der Waals surface area contributed by atoms with Gasteiger partial charge < -0.3 is 10.4 Å². The molecule has 0 saturated heterocycles. The van der Waals surface area contributed by atoms with Gasteiger partial charge in [-0.3, -0.25) is 0 Å². The Morgan fingerprint density at radius 1 is 1.36 bits per heavy atom. The zero-order valence-corrected chi connectivity index (χ0v) is 9.30. The summed E-state index contributed by atoms with van der Waals surface area (Å²) in [5.41, 5.74) is 1.82. The average Bonchev–Trinajstić information content (AvgIpc) is 2.16. The molecule has 1 aromatic carbocycles. The first-order valence-corrected chi connectivity index (χ1v) is 5.13. The van der Waals surface area contributed by atoms with Crippen LogP contribution < -0.4 is 5.32 Å². The quantitative estimate of drug-likeness (QED) is 0.805. The maximum Gasteiger partial charge on any atom is 0.0696 e. The van der Waals surface area contributed by atoms with E-state index in [1.54, 1.807) is 0 Å². The topological polar surface area (TPSA) is 32.3 Å². The molecule has 1 rings (SSSR count). The van der Waals surface area contributed by atoms with Gasteiger partial charge in [0.05, 0.1) is 11.6 Å². The number of nitrogens with one attached hydrogen (secondary N) is 1. The van der Waals surface area contributed by atoms with Crippen molar-refractivity contribution in [2.24, 2.45) is 0 Å². The van der Waals surface area contributed by atoms with Crippen molar-refractivity contribution in [3.05, 3.63) is 34.3 Å². The average molecular weight is 214 g/mol. The van der Waals surface area contributed by atoms with Gasteiger partial charge in [0.2, 0.25) is 0 Å². The Kier molecular flexibility index (Phi) is 4.39. The van der Waals surface area contributed by atoms with Crippen LogP contribution in [-0.4, -0.2) is 11.1 Å². The van der Waals surface area contributed by atoms with Crippen LogP contribution >= 0.6 is 11.6 Å². The summed E-state index contributed by atoms with van der Waals surface area (Å²) in [6.07, 6.45) is 0. The van der Waals surface area contributed by atoms with E-state index in [4.69, 9.17) is 16.7 Å². The Hall–Kier alpha value is -0.570. The molecular formula is C11H16ClNO. The lowest BCUT2D eigenvalue weighted by molar-refractivity contribution is 0.282. The van der Waals surface area contributed by atoms with Crippen molar-refractivity contribution in [1.82, 2.24) is 5.32 Å². The molecule has 0 aromatic heterocycles. The molecule has 0 fully saturated rings. The highest BCUT2D eigenvalue weighted by Gasteiger charge is 2.04. The highest BCUT2D eigenvalue weighted by Crippen LogP contribution is 2.21. The van der Waals surface area contributed by atoms with Gasteiger partial charge >= 0.3 is 0 Å². The third-order valence-electron chi connectivity index (χ3n) is 2.03. The third kappa shape index (κ3) is 2.98. The van der Waals surface area contributed by atoms with Crippen molar-refractivity contribution in [2.75, 3.05) is 0 Å². The smallest absolute Gasteiger partial charge is 0.0696 e. The van der Waals surface area contributed by atoms with Crippen LogP contribution in [0.15, 0.2) is 18.2 Å². The fourth-order valence-corrected chi connectivity index (χ4v) is 1.46. The highest BCUT2D eigenvalue weighted by atomic mass is 35.5. The molecule has 0 atom stereocenters. The Morgan fingerprint density at radius 2 is 2.00 bits per heavy atom. The number of aliphatic hydroxyl groups excluding tert-OH is 1. The summed E-state index contributed by atoms with van der Waals surface area (Å²) in [4.78, 5) is 0. The molecule has 0 radical (unpaired) electrons. The second-order valence-corrected chi connectivity index (χ2v) is 3.96. The summed E-state index contributed by atoms with van der Waals surface area (Å²) in [6.45, 7) is 4.91. The van der Waals surface area contributed by atoms with Gasteiger partial charge in [-0.15, -0.1) is 0 Å². The predicted octanol–water partition coefficient (Wildman–Crippen LogP) is 2.33. The van der Waals surface area contributed by atoms with Gasteiger partial charge in [0.1, 0.15) is 0 Å². The fraction of sp³-hybridized carbons (Fsp3) is 0.455. The van der Waals surface area contributed by atoms with Crippen LogP contribution in [0.3, 0.4) is 0 Å². The Bertz CT molecular complexity index is 299. The van der Waals surface area contributed by atoms with E-state index >= 15 is 0 Å². The molecule has 3 heteroatoms. The van der Waals surface area contributed by atoms with Crippen molar-refractivity contribution in [2.45, 2.75) is 33.0 Å². The van der Waals surface area contributed by atoms with Gasteiger partial charge in [-0.2, -0.15) is 0 Å². The van der Waals surface area contributed by atoms with E-state index in [0.717, 1.165) is 17.7 Å². The minimum absolute atomic E-state index is 0.00560. The van der Waals surface area contributed by atoms with Gasteiger partial charge in [-0.05, 0) is 11.1 Å². The normalized spacial score (nSPS) is 10.9. The summed E-state index contributed by atoms with van der Waals surface area (Å²) in [6, 6.07) is 6.15. The first-order chi connectivity index (χ1) is 6.65. The number of benzene rings is 1. The van der Waals surface area contributed by atoms with E-state index in [0.29, 0.717) is 11.1 Å². The van der Waals surface area contributed by atoms with Crippen LogP contribution in [0.4, 0.5) is 0 Å². The lowest BCUT2D eigenvalue weighted by Gasteiger charge is -2.11. The summed E-state index contributed by atoms with van der Waals surface area (Å²) < 4.78 is 0. The minimum atomic E-state index is -0.00560. The van der Waals surface area contributed by atoms with E-state index in [2.05, 4.69) is 19.2 Å². The van der Waals surface area contributed by atoms with E-state index in [1.165, 1.54) is 0 Å². The molecule has 0 unspecified atom stereocenters. The zero-order chi connectivity index (χ0) is 10.6. The molecule has 2 nitrogen and oxygen atoms in total. The summed E-state index contributed by atoms with van der Waals surface area (Å²) in [5, 5.41) is 13.0. The van der Waals surface area contributed by atoms with Crippen LogP contribution in [-0.2, 0) is 13.2 Å². The van der Waals surface area contributed by atoms with Crippen LogP contribution in [0.5, 0.6) is 0 Å². The van der Waals surface area contributed by atoms with Crippen molar-refractivity contribution < 1.29 is 5.11 Å². The molecule has 1 aromatic rings. The molecule has 0 spiro atoms. The monoisotopic (exact) mass is 213 g/mol. The molecule has 0 heterocycles. The van der Waals surface area contributed by atoms with Gasteiger partial charge in [-0.25, -0.2) is 0 Å². The third-order valence-corrected chi connectivity index (χ3v) is 2.52. The van der Waals surface area contributed by atoms with Crippen LogP contribution in [0.25, 0.3) is 0 Å². The summed E-state index contributed by atoms with van der Waals surface area (Å²) in [5.74, 6) is 0. The first-order valence-electron chi connectivity index (χ1n) is 4.75. The largest absolute Gasteiger partial charge is 0.392 e. The molecule has 2 N–H and O–H groups in total. The zero-order valence-electron chi connectivity index (χ0n) is 8.55. The van der Waals surface area contributed by atoms with Crippen LogP contribution in [0.1, 0.15) is 25.0 Å². The summed E-state index contributed by atoms with van der Waals surface area (Å²) in [7, 11) is 0. The van der Waals surface area contributed by atoms with Gasteiger partial charge in [0.25, 0.3) is 0 Å². The second-order valence-electron chi connectivity index (χ2n) is 3.58. The SMILES string of the molecule is CC(C)NCc1cccc(CO)c1Cl. The van der Waals surface area contributed by atoms with Gasteiger partial charge in [-0.1, -0.05) is 43.6 Å². The lowest BCUT2D eigenvalue weighted by Crippen LogP contribution is -2.22. The number of hydrogen-bond donors (Lipinski definition) is 2. The fourth-order valence-electron chi connectivity index (χ4n) is 1.21. The second kappa shape index (κ2) is 5.35. The van der Waals surface area contributed by atoms with E-state index in [-0.39, 0.29) is 6.61 Å². The maximum atomic E-state index is 9.02. The Labute approximate surface area is 89.9 Å². The molecule has 0 bridgehead atoms. The molecular weight excluding hydrogens is 198 g/mol. The molecule has 78 valence electrons. The molecule has 0 saturated carbocycles. The van der Waals surface area contributed by atoms with Crippen LogP contribution in [0.2, 0.25) is 5.02 Å². The van der Waals surface area contributed by atoms with Gasteiger partial charge in [0.15, 0.2) is 0 Å². The van der Waals surface area contributed by atoms with Crippen molar-refractivity contribution >= 4 is 11.6 Å². The molecule has 0 aliphatic heterocycles. The Balaban J connectivity index is 2.76. The predicted molar refractivity (Wildman–Crippen MR) is 59.4 cm³/mol. The first kappa shape index (κ1) is 11.5. The Morgan fingerprint density at radius 3 is 2.57 bits per heavy atom. The van der Waals surface area contributed by atoms with Crippen molar-refractivity contribution in [3.8, 4) is 0 Å². The highest BCUT2D eigenvalue weighted by molar-refractivity contribution is 6.32. The van der Waals surface area contributed by atoms with E-state index < -0.39 is 0 Å². The molecule has 0 amide bonds. The van der Waals surface area contributed by atoms with Crippen LogP contribution in [0, 0.1) is 0 Å². The molecule has 0 aliphatic carbocycles. The van der Waals surface area contributed by atoms with Crippen molar-refractivity contribution in [3.63, 3.8) is 0 Å². The number of rotatable bonds is 4. The number of halogens is 1. The summed E-state index contributed by atoms with van der Waals surface area (Å²) >= 11 is 6.09. The standard InChI is InChI=1S/C11H16ClNO/c1-8(2)13-6-9-4-3-5-10(7-14)11(9)12/h3-5,8,13-14H,6-7H2,1-2H3. The number of hydrogen-bond acceptors (Lipinski definition) is 2. The van der Waals surface area contributed by atoms with Crippen molar-refractivity contribution in [1.29, 1.82) is 0 Å². The molecule has 0 aliphatic rings. The van der Waals surface area contributed by atoms with E-state index in [9.17, 15) is 0 Å². The number of aliphatic hydroxyl groups is 1. The maximum absolute atomic E-state index is 9.02.